The van der Waals surface area contributed by atoms with Crippen molar-refractivity contribution in [2.45, 2.75) is 18.7 Å². The van der Waals surface area contributed by atoms with Crippen LogP contribution in [-0.2, 0) is 10.0 Å². The summed E-state index contributed by atoms with van der Waals surface area (Å²) in [6.45, 7) is 3.79. The molecule has 0 atom stereocenters. The number of aryl methyl sites for hydroxylation is 2. The van der Waals surface area contributed by atoms with Gasteiger partial charge in [-0.1, -0.05) is 28.1 Å². The first kappa shape index (κ1) is 18.5. The molecule has 3 aromatic rings. The Labute approximate surface area is 162 Å². The average molecular weight is 432 g/mol. The molecule has 0 unspecified atom stereocenters. The van der Waals surface area contributed by atoms with Gasteiger partial charge in [-0.15, -0.1) is 0 Å². The van der Waals surface area contributed by atoms with Crippen molar-refractivity contribution in [3.63, 3.8) is 0 Å². The van der Waals surface area contributed by atoms with Gasteiger partial charge in [-0.25, -0.2) is 8.42 Å². The number of ether oxygens (including phenoxy) is 1. The number of halogens is 1. The van der Waals surface area contributed by atoms with Crippen LogP contribution in [0.3, 0.4) is 0 Å². The lowest BCUT2D eigenvalue weighted by atomic mass is 10.1. The summed E-state index contributed by atoms with van der Waals surface area (Å²) in [7, 11) is -3.66. The van der Waals surface area contributed by atoms with Gasteiger partial charge in [0.25, 0.3) is 10.0 Å². The molecule has 3 rings (SSSR count). The van der Waals surface area contributed by atoms with Crippen LogP contribution in [0.1, 0.15) is 11.1 Å². The molecule has 0 radical (unpaired) electrons. The van der Waals surface area contributed by atoms with Gasteiger partial charge in [-0.05, 0) is 79.6 Å². The molecule has 134 valence electrons. The quantitative estimate of drug-likeness (QED) is 0.566. The zero-order valence-corrected chi connectivity index (χ0v) is 16.8. The Morgan fingerprint density at radius 1 is 0.846 bits per heavy atom. The lowest BCUT2D eigenvalue weighted by Crippen LogP contribution is -2.13. The third kappa shape index (κ3) is 4.45. The van der Waals surface area contributed by atoms with Gasteiger partial charge in [-0.3, -0.25) is 4.72 Å². The standard InChI is InChI=1S/C20H18BrNO3S/c1-14-3-4-15(2)20(13-14)22-26(23,24)19-11-9-18(10-12-19)25-17-7-5-16(21)6-8-17/h3-13,22H,1-2H3. The van der Waals surface area contributed by atoms with Crippen LogP contribution >= 0.6 is 15.9 Å². The van der Waals surface area contributed by atoms with Gasteiger partial charge in [0, 0.05) is 4.47 Å². The number of rotatable bonds is 5. The van der Waals surface area contributed by atoms with E-state index in [1.54, 1.807) is 12.1 Å². The van der Waals surface area contributed by atoms with Gasteiger partial charge < -0.3 is 4.74 Å². The molecule has 0 heterocycles. The van der Waals surface area contributed by atoms with E-state index in [2.05, 4.69) is 20.7 Å². The van der Waals surface area contributed by atoms with Crippen molar-refractivity contribution in [3.8, 4) is 11.5 Å². The molecule has 0 fully saturated rings. The van der Waals surface area contributed by atoms with Crippen molar-refractivity contribution in [2.75, 3.05) is 4.72 Å². The Bertz CT molecular complexity index is 1010. The molecule has 0 bridgehead atoms. The zero-order chi connectivity index (χ0) is 18.7. The second-order valence-corrected chi connectivity index (χ2v) is 8.55. The Morgan fingerprint density at radius 3 is 2.04 bits per heavy atom. The van der Waals surface area contributed by atoms with Crippen molar-refractivity contribution in [1.82, 2.24) is 0 Å². The van der Waals surface area contributed by atoms with Crippen LogP contribution in [0.2, 0.25) is 0 Å². The van der Waals surface area contributed by atoms with Crippen LogP contribution in [0, 0.1) is 13.8 Å². The van der Waals surface area contributed by atoms with Crippen molar-refractivity contribution in [2.24, 2.45) is 0 Å². The Hall–Kier alpha value is -2.31. The molecule has 0 amide bonds. The summed E-state index contributed by atoms with van der Waals surface area (Å²) in [4.78, 5) is 0.182. The van der Waals surface area contributed by atoms with E-state index in [1.807, 2.05) is 56.3 Å². The number of nitrogens with one attached hydrogen (secondary N) is 1. The third-order valence-electron chi connectivity index (χ3n) is 3.82. The minimum atomic E-state index is -3.66. The molecule has 0 saturated heterocycles. The highest BCUT2D eigenvalue weighted by atomic mass is 79.9. The average Bonchev–Trinajstić information content (AvgIpc) is 2.60. The zero-order valence-electron chi connectivity index (χ0n) is 14.4. The fourth-order valence-corrected chi connectivity index (χ4v) is 3.76. The second kappa shape index (κ2) is 7.51. The van der Waals surface area contributed by atoms with E-state index in [1.165, 1.54) is 12.1 Å². The fourth-order valence-electron chi connectivity index (χ4n) is 2.38. The molecule has 3 aromatic carbocycles. The molecule has 0 spiro atoms. The normalized spacial score (nSPS) is 11.2. The van der Waals surface area contributed by atoms with E-state index in [9.17, 15) is 8.42 Å². The predicted octanol–water partition coefficient (Wildman–Crippen LogP) is 5.66. The number of anilines is 1. The second-order valence-electron chi connectivity index (χ2n) is 5.95. The first-order valence-electron chi connectivity index (χ1n) is 7.97. The van der Waals surface area contributed by atoms with E-state index in [-0.39, 0.29) is 4.90 Å². The summed E-state index contributed by atoms with van der Waals surface area (Å²) in [5.41, 5.74) is 2.45. The van der Waals surface area contributed by atoms with Crippen molar-refractivity contribution >= 4 is 31.6 Å². The largest absolute Gasteiger partial charge is 0.457 e. The van der Waals surface area contributed by atoms with Crippen molar-refractivity contribution in [3.05, 3.63) is 82.3 Å². The molecule has 0 aliphatic rings. The van der Waals surface area contributed by atoms with E-state index < -0.39 is 10.0 Å². The van der Waals surface area contributed by atoms with Gasteiger partial charge >= 0.3 is 0 Å². The number of sulfonamides is 1. The fraction of sp³-hybridized carbons (Fsp3) is 0.100. The van der Waals surface area contributed by atoms with Crippen LogP contribution in [0.25, 0.3) is 0 Å². The molecule has 4 nitrogen and oxygen atoms in total. The van der Waals surface area contributed by atoms with Crippen molar-refractivity contribution in [1.29, 1.82) is 0 Å². The Kier molecular flexibility index (Phi) is 5.34. The van der Waals surface area contributed by atoms with Gasteiger partial charge in [0.05, 0.1) is 10.6 Å². The van der Waals surface area contributed by atoms with Crippen LogP contribution < -0.4 is 9.46 Å². The minimum absolute atomic E-state index is 0.182. The van der Waals surface area contributed by atoms with Crippen LogP contribution in [0.15, 0.2) is 76.1 Å². The molecule has 0 aromatic heterocycles. The molecule has 0 aliphatic carbocycles. The SMILES string of the molecule is Cc1ccc(C)c(NS(=O)(=O)c2ccc(Oc3ccc(Br)cc3)cc2)c1. The van der Waals surface area contributed by atoms with Crippen LogP contribution in [0.4, 0.5) is 5.69 Å². The molecular weight excluding hydrogens is 414 g/mol. The number of hydrogen-bond acceptors (Lipinski definition) is 3. The summed E-state index contributed by atoms with van der Waals surface area (Å²) in [5, 5.41) is 0. The lowest BCUT2D eigenvalue weighted by molar-refractivity contribution is 0.482. The minimum Gasteiger partial charge on any atom is -0.457 e. The van der Waals surface area contributed by atoms with Gasteiger partial charge in [0.1, 0.15) is 11.5 Å². The molecule has 0 aliphatic heterocycles. The summed E-state index contributed by atoms with van der Waals surface area (Å²) in [5.74, 6) is 1.25. The first-order valence-corrected chi connectivity index (χ1v) is 10.2. The van der Waals surface area contributed by atoms with Gasteiger partial charge in [0.2, 0.25) is 0 Å². The summed E-state index contributed by atoms with van der Waals surface area (Å²) < 4.78 is 34.6. The Morgan fingerprint density at radius 2 is 1.42 bits per heavy atom. The maximum Gasteiger partial charge on any atom is 0.261 e. The van der Waals surface area contributed by atoms with E-state index >= 15 is 0 Å². The third-order valence-corrected chi connectivity index (χ3v) is 5.73. The van der Waals surface area contributed by atoms with Crippen LogP contribution in [0.5, 0.6) is 11.5 Å². The number of benzene rings is 3. The maximum atomic E-state index is 12.6. The van der Waals surface area contributed by atoms with Crippen molar-refractivity contribution < 1.29 is 13.2 Å². The molecule has 26 heavy (non-hydrogen) atoms. The number of hydrogen-bond donors (Lipinski definition) is 1. The summed E-state index contributed by atoms with van der Waals surface area (Å²) in [6.07, 6.45) is 0. The Balaban J connectivity index is 1.78. The maximum absolute atomic E-state index is 12.6. The van der Waals surface area contributed by atoms with Crippen LogP contribution in [-0.4, -0.2) is 8.42 Å². The van der Waals surface area contributed by atoms with E-state index in [0.29, 0.717) is 17.2 Å². The highest BCUT2D eigenvalue weighted by molar-refractivity contribution is 9.10. The van der Waals surface area contributed by atoms with Gasteiger partial charge in [-0.2, -0.15) is 0 Å². The highest BCUT2D eigenvalue weighted by Crippen LogP contribution is 2.26. The molecular formula is C20H18BrNO3S. The summed E-state index contributed by atoms with van der Waals surface area (Å²) in [6, 6.07) is 19.4. The molecule has 1 N–H and O–H groups in total. The summed E-state index contributed by atoms with van der Waals surface area (Å²) >= 11 is 3.37. The first-order chi connectivity index (χ1) is 12.3. The van der Waals surface area contributed by atoms with E-state index in [0.717, 1.165) is 15.6 Å². The van der Waals surface area contributed by atoms with Gasteiger partial charge in [0.15, 0.2) is 0 Å². The monoisotopic (exact) mass is 431 g/mol. The topological polar surface area (TPSA) is 55.4 Å². The predicted molar refractivity (Wildman–Crippen MR) is 107 cm³/mol. The smallest absolute Gasteiger partial charge is 0.261 e. The molecule has 6 heteroatoms. The lowest BCUT2D eigenvalue weighted by Gasteiger charge is -2.12. The highest BCUT2D eigenvalue weighted by Gasteiger charge is 2.15. The van der Waals surface area contributed by atoms with E-state index in [4.69, 9.17) is 4.74 Å². The molecule has 0 saturated carbocycles.